The summed E-state index contributed by atoms with van der Waals surface area (Å²) in [5.74, 6) is 0. The third kappa shape index (κ3) is 2.69. The van der Waals surface area contributed by atoms with Crippen molar-refractivity contribution in [1.29, 1.82) is 0 Å². The zero-order valence-electron chi connectivity index (χ0n) is 4.22. The first-order valence-corrected chi connectivity index (χ1v) is 1.78. The van der Waals surface area contributed by atoms with Crippen LogP contribution >= 0.6 is 0 Å². The predicted molar refractivity (Wildman–Crippen MR) is 17.7 cm³/mol. The normalized spacial score (nSPS) is 19.3. The first-order chi connectivity index (χ1) is 2.89. The molecule has 0 atom stereocenters. The summed E-state index contributed by atoms with van der Waals surface area (Å²) >= 11 is 0. The Morgan fingerprint density at radius 2 is 1.71 bits per heavy atom. The van der Waals surface area contributed by atoms with Crippen LogP contribution in [0.4, 0.5) is 0 Å². The molecule has 34 valence electrons. The van der Waals surface area contributed by atoms with Crippen molar-refractivity contribution in [1.82, 2.24) is 0 Å². The molecule has 1 heterocycles. The van der Waals surface area contributed by atoms with Crippen molar-refractivity contribution in [3.63, 3.8) is 0 Å². The van der Waals surface area contributed by atoms with Crippen LogP contribution in [0.1, 0.15) is 0 Å². The number of hydrogen-bond acceptors (Lipinski definition) is 3. The van der Waals surface area contributed by atoms with Gasteiger partial charge in [-0.05, 0) is 0 Å². The molecule has 0 N–H and O–H groups in total. The van der Waals surface area contributed by atoms with E-state index >= 15 is 0 Å². The van der Waals surface area contributed by atoms with E-state index in [4.69, 9.17) is 0 Å². The minimum atomic E-state index is -1.20. The summed E-state index contributed by atoms with van der Waals surface area (Å²) < 4.78 is 8.75. The molecule has 0 saturated carbocycles. The van der Waals surface area contributed by atoms with Crippen molar-refractivity contribution in [2.75, 3.05) is 13.2 Å². The smallest absolute Gasteiger partial charge is 0.832 e. The molecule has 1 aliphatic rings. The molecule has 7 heavy (non-hydrogen) atoms. The Morgan fingerprint density at radius 1 is 1.29 bits per heavy atom. The summed E-state index contributed by atoms with van der Waals surface area (Å²) in [6.07, 6.45) is 0. The maximum Gasteiger partial charge on any atom is 1.00 e. The van der Waals surface area contributed by atoms with E-state index in [1.54, 1.807) is 0 Å². The Kier molecular flexibility index (Phi) is 4.41. The van der Waals surface area contributed by atoms with Gasteiger partial charge in [0.1, 0.15) is 0 Å². The SMILES string of the molecule is [Na+].[O-]B1OCCO1. The molecule has 1 rings (SSSR count). The molecule has 0 aromatic rings. The van der Waals surface area contributed by atoms with Gasteiger partial charge in [-0.15, -0.1) is 0 Å². The van der Waals surface area contributed by atoms with E-state index in [0.717, 1.165) is 0 Å². The van der Waals surface area contributed by atoms with Gasteiger partial charge < -0.3 is 14.3 Å². The average Bonchev–Trinajstić information content (AvgIpc) is 1.86. The Labute approximate surface area is 64.5 Å². The van der Waals surface area contributed by atoms with Gasteiger partial charge in [0.2, 0.25) is 0 Å². The molecular formula is C2H4BNaO3. The van der Waals surface area contributed by atoms with Gasteiger partial charge in [-0.3, -0.25) is 0 Å². The van der Waals surface area contributed by atoms with Gasteiger partial charge in [-0.2, -0.15) is 0 Å². The van der Waals surface area contributed by atoms with Crippen LogP contribution in [0, 0.1) is 0 Å². The van der Waals surface area contributed by atoms with Crippen molar-refractivity contribution >= 4 is 7.32 Å². The van der Waals surface area contributed by atoms with E-state index < -0.39 is 7.32 Å². The van der Waals surface area contributed by atoms with E-state index in [9.17, 15) is 5.02 Å². The molecule has 1 saturated heterocycles. The van der Waals surface area contributed by atoms with Crippen molar-refractivity contribution in [3.05, 3.63) is 0 Å². The predicted octanol–water partition coefficient (Wildman–Crippen LogP) is -4.62. The van der Waals surface area contributed by atoms with Gasteiger partial charge in [0.25, 0.3) is 0 Å². The van der Waals surface area contributed by atoms with Gasteiger partial charge in [0.05, 0.1) is 13.2 Å². The molecule has 5 heteroatoms. The van der Waals surface area contributed by atoms with Crippen LogP contribution < -0.4 is 34.6 Å². The molecule has 1 aliphatic heterocycles. The van der Waals surface area contributed by atoms with Gasteiger partial charge in [-0.1, -0.05) is 0 Å². The molecule has 0 radical (unpaired) electrons. The zero-order valence-corrected chi connectivity index (χ0v) is 6.22. The second kappa shape index (κ2) is 3.89. The summed E-state index contributed by atoms with van der Waals surface area (Å²) in [5, 5.41) is 9.88. The van der Waals surface area contributed by atoms with Crippen LogP contribution in [-0.4, -0.2) is 20.5 Å². The van der Waals surface area contributed by atoms with Crippen LogP contribution in [0.5, 0.6) is 0 Å². The quantitative estimate of drug-likeness (QED) is 0.294. The Balaban J connectivity index is 0.000000360. The van der Waals surface area contributed by atoms with Gasteiger partial charge >= 0.3 is 36.9 Å². The van der Waals surface area contributed by atoms with Gasteiger partial charge in [0, 0.05) is 0 Å². The Hall–Kier alpha value is 0.945. The largest absolute Gasteiger partial charge is 1.00 e. The van der Waals surface area contributed by atoms with Gasteiger partial charge in [0.15, 0.2) is 0 Å². The molecular weight excluding hydrogens is 106 g/mol. The molecule has 0 spiro atoms. The molecule has 3 nitrogen and oxygen atoms in total. The van der Waals surface area contributed by atoms with E-state index in [2.05, 4.69) is 9.31 Å². The minimum absolute atomic E-state index is 0. The monoisotopic (exact) mass is 110 g/mol. The summed E-state index contributed by atoms with van der Waals surface area (Å²) in [5.41, 5.74) is 0. The van der Waals surface area contributed by atoms with Crippen LogP contribution in [0.2, 0.25) is 0 Å². The first kappa shape index (κ1) is 7.94. The number of hydrogen-bond donors (Lipinski definition) is 0. The summed E-state index contributed by atoms with van der Waals surface area (Å²) in [6, 6.07) is 0. The average molecular weight is 110 g/mol. The van der Waals surface area contributed by atoms with Crippen LogP contribution in [0.3, 0.4) is 0 Å². The van der Waals surface area contributed by atoms with Crippen molar-refractivity contribution < 1.29 is 43.9 Å². The van der Waals surface area contributed by atoms with E-state index in [0.29, 0.717) is 13.2 Å². The van der Waals surface area contributed by atoms with Crippen LogP contribution in [0.25, 0.3) is 0 Å². The second-order valence-electron chi connectivity index (χ2n) is 1.03. The molecule has 0 bridgehead atoms. The Bertz CT molecular complexity index is 46.2. The maximum absolute atomic E-state index is 9.88. The third-order valence-electron chi connectivity index (χ3n) is 0.591. The fraction of sp³-hybridized carbons (Fsp3) is 1.00. The topological polar surface area (TPSA) is 41.5 Å². The molecule has 0 aromatic heterocycles. The third-order valence-corrected chi connectivity index (χ3v) is 0.591. The molecule has 1 fully saturated rings. The van der Waals surface area contributed by atoms with Gasteiger partial charge in [-0.25, -0.2) is 0 Å². The summed E-state index contributed by atoms with van der Waals surface area (Å²) in [6.45, 7) is 0.905. The number of rotatable bonds is 0. The van der Waals surface area contributed by atoms with Crippen molar-refractivity contribution in [3.8, 4) is 0 Å². The molecule has 0 aliphatic carbocycles. The molecule has 0 amide bonds. The fourth-order valence-electron chi connectivity index (χ4n) is 0.337. The first-order valence-electron chi connectivity index (χ1n) is 1.78. The summed E-state index contributed by atoms with van der Waals surface area (Å²) in [4.78, 5) is 0. The summed E-state index contributed by atoms with van der Waals surface area (Å²) in [7, 11) is -1.20. The maximum atomic E-state index is 9.88. The zero-order chi connectivity index (χ0) is 4.41. The van der Waals surface area contributed by atoms with E-state index in [-0.39, 0.29) is 29.6 Å². The fourth-order valence-corrected chi connectivity index (χ4v) is 0.337. The standard InChI is InChI=1S/C2H4BO3.Na/c4-3-5-1-2-6-3;/h1-2H2;/q-1;+1. The van der Waals surface area contributed by atoms with Crippen LogP contribution in [-0.2, 0) is 9.31 Å². The van der Waals surface area contributed by atoms with Crippen molar-refractivity contribution in [2.45, 2.75) is 0 Å². The minimum Gasteiger partial charge on any atom is -0.832 e. The van der Waals surface area contributed by atoms with Crippen LogP contribution in [0.15, 0.2) is 0 Å². The second-order valence-corrected chi connectivity index (χ2v) is 1.03. The van der Waals surface area contributed by atoms with Crippen molar-refractivity contribution in [2.24, 2.45) is 0 Å². The van der Waals surface area contributed by atoms with E-state index in [1.165, 1.54) is 0 Å². The van der Waals surface area contributed by atoms with E-state index in [1.807, 2.05) is 0 Å². The molecule has 0 aromatic carbocycles. The Morgan fingerprint density at radius 3 is 1.86 bits per heavy atom. The molecule has 0 unspecified atom stereocenters.